The molecule has 196 valence electrons. The molecule has 1 saturated carbocycles. The minimum atomic E-state index is -0.925. The summed E-state index contributed by atoms with van der Waals surface area (Å²) >= 11 is 0. The summed E-state index contributed by atoms with van der Waals surface area (Å²) in [7, 11) is 1.90. The molecule has 1 aromatic carbocycles. The fraction of sp³-hybridized carbons (Fsp3) is 0.552. The number of pyridine rings is 1. The molecular weight excluding hydrogens is 469 g/mol. The highest BCUT2D eigenvalue weighted by molar-refractivity contribution is 5.96. The van der Waals surface area contributed by atoms with Crippen LogP contribution in [0.25, 0.3) is 10.8 Å². The number of fused-ring (bicyclic) bond motifs is 1. The van der Waals surface area contributed by atoms with Crippen LogP contribution in [0.4, 0.5) is 10.2 Å². The quantitative estimate of drug-likeness (QED) is 0.550. The van der Waals surface area contributed by atoms with Crippen LogP contribution in [0.3, 0.4) is 0 Å². The van der Waals surface area contributed by atoms with Gasteiger partial charge >= 0.3 is 0 Å². The van der Waals surface area contributed by atoms with Gasteiger partial charge in [-0.05, 0) is 85.8 Å². The summed E-state index contributed by atoms with van der Waals surface area (Å²) in [6, 6.07) is 6.45. The maximum Gasteiger partial charge on any atom is 0.229 e. The standard InChI is InChI=1S/C29H36FN5O2/c1-17-9-21-12-31-25(33-28(36)27-18(2)26(27)22-13-32-34(4)14-22)11-20(21)10-23(17)19-5-7-35(8-6-19)29(3)16-37-15-24(29)30/h9-14,18-19,24,26-27H,5-8,15-16H2,1-4H3,(H,31,33,36)/t18-,24-,26+,27-,29+/m1/s1. The Hall–Kier alpha value is -2.84. The first kappa shape index (κ1) is 24.5. The number of likely N-dealkylation sites (tertiary alicyclic amines) is 1. The van der Waals surface area contributed by atoms with Crippen molar-refractivity contribution >= 4 is 22.5 Å². The summed E-state index contributed by atoms with van der Waals surface area (Å²) in [5.41, 5.74) is 3.21. The van der Waals surface area contributed by atoms with Gasteiger partial charge < -0.3 is 10.1 Å². The molecule has 37 heavy (non-hydrogen) atoms. The van der Waals surface area contributed by atoms with E-state index in [9.17, 15) is 9.18 Å². The molecule has 1 aliphatic carbocycles. The van der Waals surface area contributed by atoms with Crippen LogP contribution in [-0.2, 0) is 16.6 Å². The predicted octanol–water partition coefficient (Wildman–Crippen LogP) is 4.57. The van der Waals surface area contributed by atoms with Crippen molar-refractivity contribution in [2.45, 2.75) is 57.2 Å². The van der Waals surface area contributed by atoms with E-state index in [2.05, 4.69) is 46.3 Å². The monoisotopic (exact) mass is 505 g/mol. The third kappa shape index (κ3) is 4.34. The van der Waals surface area contributed by atoms with Gasteiger partial charge in [0.15, 0.2) is 0 Å². The van der Waals surface area contributed by atoms with Gasteiger partial charge in [-0.1, -0.05) is 13.0 Å². The number of rotatable bonds is 5. The van der Waals surface area contributed by atoms with Crippen LogP contribution in [0.1, 0.15) is 55.2 Å². The maximum absolute atomic E-state index is 14.5. The highest BCUT2D eigenvalue weighted by Gasteiger charge is 2.53. The molecule has 6 rings (SSSR count). The van der Waals surface area contributed by atoms with Gasteiger partial charge in [0.25, 0.3) is 0 Å². The number of aromatic nitrogens is 3. The van der Waals surface area contributed by atoms with E-state index in [0.717, 1.165) is 42.3 Å². The van der Waals surface area contributed by atoms with Crippen molar-refractivity contribution in [1.82, 2.24) is 19.7 Å². The number of carbonyl (C=O) groups is 1. The summed E-state index contributed by atoms with van der Waals surface area (Å²) < 4.78 is 21.7. The predicted molar refractivity (Wildman–Crippen MR) is 141 cm³/mol. The molecular formula is C29H36FN5O2. The lowest BCUT2D eigenvalue weighted by molar-refractivity contribution is -0.117. The van der Waals surface area contributed by atoms with Crippen molar-refractivity contribution < 1.29 is 13.9 Å². The summed E-state index contributed by atoms with van der Waals surface area (Å²) in [5, 5.41) is 9.47. The average molecular weight is 506 g/mol. The van der Waals surface area contributed by atoms with Gasteiger partial charge in [0.1, 0.15) is 12.0 Å². The summed E-state index contributed by atoms with van der Waals surface area (Å²) in [4.78, 5) is 19.9. The minimum absolute atomic E-state index is 0.0171. The Morgan fingerprint density at radius 2 is 1.97 bits per heavy atom. The molecule has 2 saturated heterocycles. The Kier molecular flexibility index (Phi) is 6.07. The first-order chi connectivity index (χ1) is 17.7. The molecule has 2 aliphatic heterocycles. The lowest BCUT2D eigenvalue weighted by atomic mass is 9.83. The highest BCUT2D eigenvalue weighted by atomic mass is 19.1. The number of carbonyl (C=O) groups excluding carboxylic acids is 1. The Morgan fingerprint density at radius 3 is 2.65 bits per heavy atom. The smallest absolute Gasteiger partial charge is 0.229 e. The number of piperidine rings is 1. The van der Waals surface area contributed by atoms with Crippen LogP contribution in [0.2, 0.25) is 0 Å². The number of nitrogens with zero attached hydrogens (tertiary/aromatic N) is 4. The van der Waals surface area contributed by atoms with E-state index in [-0.39, 0.29) is 30.3 Å². The van der Waals surface area contributed by atoms with Crippen LogP contribution >= 0.6 is 0 Å². The summed E-state index contributed by atoms with van der Waals surface area (Å²) in [6.45, 7) is 8.69. The van der Waals surface area contributed by atoms with Gasteiger partial charge in [0, 0.05) is 36.7 Å². The third-order valence-electron chi connectivity index (χ3n) is 9.14. The topological polar surface area (TPSA) is 72.3 Å². The molecule has 7 nitrogen and oxygen atoms in total. The van der Waals surface area contributed by atoms with Crippen LogP contribution in [-0.4, -0.2) is 63.6 Å². The molecule has 8 heteroatoms. The lowest BCUT2D eigenvalue weighted by Crippen LogP contribution is -2.55. The molecule has 3 aromatic rings. The van der Waals surface area contributed by atoms with E-state index < -0.39 is 11.7 Å². The molecule has 0 spiro atoms. The molecule has 5 atom stereocenters. The van der Waals surface area contributed by atoms with Crippen molar-refractivity contribution in [3.8, 4) is 0 Å². The van der Waals surface area contributed by atoms with E-state index in [4.69, 9.17) is 4.74 Å². The Labute approximate surface area is 217 Å². The summed E-state index contributed by atoms with van der Waals surface area (Å²) in [5.74, 6) is 1.48. The van der Waals surface area contributed by atoms with Crippen molar-refractivity contribution in [3.05, 3.63) is 53.5 Å². The number of nitrogens with one attached hydrogen (secondary N) is 1. The molecule has 2 aromatic heterocycles. The molecule has 0 radical (unpaired) electrons. The molecule has 1 amide bonds. The maximum atomic E-state index is 14.5. The molecule has 3 aliphatic rings. The second-order valence-electron chi connectivity index (χ2n) is 11.6. The third-order valence-corrected chi connectivity index (χ3v) is 9.14. The minimum Gasteiger partial charge on any atom is -0.376 e. The Bertz CT molecular complexity index is 1330. The lowest BCUT2D eigenvalue weighted by Gasteiger charge is -2.43. The second kappa shape index (κ2) is 9.17. The zero-order valence-electron chi connectivity index (χ0n) is 22.1. The van der Waals surface area contributed by atoms with Crippen LogP contribution in [0, 0.1) is 18.8 Å². The SMILES string of the molecule is Cc1cc2cnc(NC(=O)[C@@H]3[C@H](C)[C@H]3c3cnn(C)c3)cc2cc1C1CCN([C@@]2(C)COC[C@H]2F)CC1. The zero-order valence-corrected chi connectivity index (χ0v) is 22.1. The first-order valence-corrected chi connectivity index (χ1v) is 13.4. The van der Waals surface area contributed by atoms with Gasteiger partial charge in [-0.25, -0.2) is 9.37 Å². The van der Waals surface area contributed by atoms with E-state index >= 15 is 0 Å². The number of alkyl halides is 1. The Balaban J connectivity index is 1.16. The number of hydrogen-bond donors (Lipinski definition) is 1. The van der Waals surface area contributed by atoms with Crippen molar-refractivity contribution in [1.29, 1.82) is 0 Å². The molecule has 4 heterocycles. The van der Waals surface area contributed by atoms with Crippen LogP contribution in [0.5, 0.6) is 0 Å². The number of aryl methyl sites for hydroxylation is 2. The normalized spacial score (nSPS) is 30.6. The van der Waals surface area contributed by atoms with Crippen molar-refractivity contribution in [2.75, 3.05) is 31.6 Å². The van der Waals surface area contributed by atoms with Crippen LogP contribution in [0.15, 0.2) is 36.8 Å². The largest absolute Gasteiger partial charge is 0.376 e. The fourth-order valence-electron chi connectivity index (χ4n) is 6.66. The second-order valence-corrected chi connectivity index (χ2v) is 11.6. The van der Waals surface area contributed by atoms with E-state index in [1.165, 1.54) is 11.1 Å². The van der Waals surface area contributed by atoms with Gasteiger partial charge in [-0.15, -0.1) is 0 Å². The first-order valence-electron chi connectivity index (χ1n) is 13.4. The number of halogens is 1. The van der Waals surface area contributed by atoms with Crippen molar-refractivity contribution in [2.24, 2.45) is 18.9 Å². The molecule has 1 N–H and O–H groups in total. The van der Waals surface area contributed by atoms with Gasteiger partial charge in [-0.2, -0.15) is 5.10 Å². The number of amides is 1. The Morgan fingerprint density at radius 1 is 1.19 bits per heavy atom. The number of benzene rings is 1. The summed E-state index contributed by atoms with van der Waals surface area (Å²) in [6.07, 6.45) is 6.77. The highest BCUT2D eigenvalue weighted by Crippen LogP contribution is 2.54. The molecule has 0 unspecified atom stereocenters. The molecule has 3 fully saturated rings. The number of hydrogen-bond acceptors (Lipinski definition) is 5. The zero-order chi connectivity index (χ0) is 25.9. The average Bonchev–Trinajstić information content (AvgIpc) is 3.15. The molecule has 0 bridgehead atoms. The van der Waals surface area contributed by atoms with E-state index in [1.807, 2.05) is 38.6 Å². The number of ether oxygens (including phenoxy) is 1. The van der Waals surface area contributed by atoms with Gasteiger partial charge in [-0.3, -0.25) is 14.4 Å². The van der Waals surface area contributed by atoms with Crippen molar-refractivity contribution in [3.63, 3.8) is 0 Å². The fourth-order valence-corrected chi connectivity index (χ4v) is 6.66. The van der Waals surface area contributed by atoms with Gasteiger partial charge in [0.05, 0.1) is 24.9 Å². The van der Waals surface area contributed by atoms with Crippen LogP contribution < -0.4 is 5.32 Å². The van der Waals surface area contributed by atoms with Gasteiger partial charge in [0.2, 0.25) is 5.91 Å². The van der Waals surface area contributed by atoms with E-state index in [1.54, 1.807) is 4.68 Å². The van der Waals surface area contributed by atoms with E-state index in [0.29, 0.717) is 18.3 Å². The number of anilines is 1.